The van der Waals surface area contributed by atoms with E-state index in [0.717, 1.165) is 16.8 Å². The highest BCUT2D eigenvalue weighted by Gasteiger charge is 2.19. The maximum absolute atomic E-state index is 13.1. The first-order valence-electron chi connectivity index (χ1n) is 9.90. The molecule has 1 aromatic heterocycles. The third-order valence-electron chi connectivity index (χ3n) is 4.69. The molecule has 0 aliphatic carbocycles. The molecule has 0 bridgehead atoms. The maximum atomic E-state index is 13.1. The predicted octanol–water partition coefficient (Wildman–Crippen LogP) is 5.65. The van der Waals surface area contributed by atoms with E-state index >= 15 is 0 Å². The van der Waals surface area contributed by atoms with Crippen molar-refractivity contribution in [3.8, 4) is 5.75 Å². The molecule has 0 saturated carbocycles. The number of aromatic nitrogens is 1. The van der Waals surface area contributed by atoms with Gasteiger partial charge in [0.1, 0.15) is 10.8 Å². The number of para-hydroxylation sites is 2. The molecule has 0 saturated heterocycles. The van der Waals surface area contributed by atoms with Gasteiger partial charge in [-0.15, -0.1) is 0 Å². The van der Waals surface area contributed by atoms with Crippen LogP contribution in [0.3, 0.4) is 0 Å². The number of amides is 2. The van der Waals surface area contributed by atoms with Crippen LogP contribution in [0.1, 0.15) is 27.2 Å². The fourth-order valence-electron chi connectivity index (χ4n) is 3.12. The minimum Gasteiger partial charge on any atom is -0.495 e. The van der Waals surface area contributed by atoms with Crippen molar-refractivity contribution in [3.63, 3.8) is 0 Å². The summed E-state index contributed by atoms with van der Waals surface area (Å²) < 4.78 is 5.32. The molecule has 2 aromatic carbocycles. The van der Waals surface area contributed by atoms with Crippen molar-refractivity contribution in [1.29, 1.82) is 0 Å². The summed E-state index contributed by atoms with van der Waals surface area (Å²) in [6.45, 7) is 5.60. The number of carbonyl (C=O) groups excluding carboxylic acids is 2. The van der Waals surface area contributed by atoms with Gasteiger partial charge < -0.3 is 15.4 Å². The fourth-order valence-corrected chi connectivity index (χ4v) is 4.24. The Bertz CT molecular complexity index is 1170. The van der Waals surface area contributed by atoms with Crippen LogP contribution >= 0.6 is 23.4 Å². The van der Waals surface area contributed by atoms with E-state index in [-0.39, 0.29) is 17.6 Å². The van der Waals surface area contributed by atoms with Gasteiger partial charge in [-0.05, 0) is 62.2 Å². The summed E-state index contributed by atoms with van der Waals surface area (Å²) in [5.41, 5.74) is 4.09. The number of halogens is 1. The van der Waals surface area contributed by atoms with Crippen LogP contribution in [0.2, 0.25) is 5.02 Å². The van der Waals surface area contributed by atoms with Crippen molar-refractivity contribution < 1.29 is 14.3 Å². The van der Waals surface area contributed by atoms with Crippen molar-refractivity contribution in [1.82, 2.24) is 4.98 Å². The second kappa shape index (κ2) is 10.5. The highest BCUT2D eigenvalue weighted by Crippen LogP contribution is 2.28. The molecule has 0 spiro atoms. The highest BCUT2D eigenvalue weighted by atomic mass is 35.5. The number of hydrogen-bond donors (Lipinski definition) is 2. The first kappa shape index (κ1) is 23.6. The van der Waals surface area contributed by atoms with Gasteiger partial charge in [0.25, 0.3) is 5.91 Å². The van der Waals surface area contributed by atoms with E-state index in [0.29, 0.717) is 32.7 Å². The Morgan fingerprint density at radius 3 is 2.50 bits per heavy atom. The van der Waals surface area contributed by atoms with E-state index < -0.39 is 0 Å². The topological polar surface area (TPSA) is 80.3 Å². The number of nitrogens with one attached hydrogen (secondary N) is 2. The van der Waals surface area contributed by atoms with Crippen LogP contribution in [0.15, 0.2) is 53.6 Å². The maximum Gasteiger partial charge on any atom is 0.258 e. The molecule has 0 atom stereocenters. The molecule has 2 N–H and O–H groups in total. The van der Waals surface area contributed by atoms with Crippen LogP contribution in [-0.4, -0.2) is 29.7 Å². The molecular weight excluding hydrogens is 446 g/mol. The lowest BCUT2D eigenvalue weighted by Gasteiger charge is -2.14. The minimum absolute atomic E-state index is 0.0936. The summed E-state index contributed by atoms with van der Waals surface area (Å²) in [7, 11) is 1.55. The molecule has 3 rings (SSSR count). The Balaban J connectivity index is 1.77. The summed E-state index contributed by atoms with van der Waals surface area (Å²) in [5.74, 6) is 0.125. The number of hydrogen-bond acceptors (Lipinski definition) is 5. The van der Waals surface area contributed by atoms with Gasteiger partial charge in [-0.2, -0.15) is 0 Å². The van der Waals surface area contributed by atoms with Crippen LogP contribution < -0.4 is 15.4 Å². The number of aryl methyl sites for hydroxylation is 3. The number of methoxy groups -OCH3 is 1. The molecule has 3 aromatic rings. The first-order chi connectivity index (χ1) is 15.3. The number of pyridine rings is 1. The summed E-state index contributed by atoms with van der Waals surface area (Å²) >= 11 is 7.34. The van der Waals surface area contributed by atoms with Crippen LogP contribution in [-0.2, 0) is 4.79 Å². The van der Waals surface area contributed by atoms with Gasteiger partial charge in [-0.1, -0.05) is 41.6 Å². The highest BCUT2D eigenvalue weighted by molar-refractivity contribution is 8.00. The van der Waals surface area contributed by atoms with Gasteiger partial charge >= 0.3 is 0 Å². The van der Waals surface area contributed by atoms with E-state index in [2.05, 4.69) is 15.6 Å². The summed E-state index contributed by atoms with van der Waals surface area (Å²) in [6.07, 6.45) is 0. The van der Waals surface area contributed by atoms with Crippen LogP contribution in [0, 0.1) is 20.8 Å². The zero-order chi connectivity index (χ0) is 23.3. The Hall–Kier alpha value is -3.03. The second-order valence-corrected chi connectivity index (χ2v) is 8.59. The number of anilines is 2. The average molecular weight is 470 g/mol. The lowest BCUT2D eigenvalue weighted by Crippen LogP contribution is -2.18. The molecule has 8 heteroatoms. The van der Waals surface area contributed by atoms with Gasteiger partial charge in [-0.25, -0.2) is 4.98 Å². The smallest absolute Gasteiger partial charge is 0.258 e. The Labute approximate surface area is 196 Å². The number of benzene rings is 2. The third kappa shape index (κ3) is 5.81. The number of nitrogens with zero attached hydrogens (tertiary/aromatic N) is 1. The molecule has 32 heavy (non-hydrogen) atoms. The monoisotopic (exact) mass is 469 g/mol. The van der Waals surface area contributed by atoms with Crippen LogP contribution in [0.25, 0.3) is 0 Å². The zero-order valence-electron chi connectivity index (χ0n) is 18.3. The fraction of sp³-hybridized carbons (Fsp3) is 0.208. The van der Waals surface area contributed by atoms with E-state index in [1.165, 1.54) is 11.8 Å². The summed E-state index contributed by atoms with van der Waals surface area (Å²) in [4.78, 5) is 30.1. The number of thioether (sulfide) groups is 1. The predicted molar refractivity (Wildman–Crippen MR) is 130 cm³/mol. The molecule has 6 nitrogen and oxygen atoms in total. The summed E-state index contributed by atoms with van der Waals surface area (Å²) in [6, 6.07) is 14.4. The first-order valence-corrected chi connectivity index (χ1v) is 11.3. The number of rotatable bonds is 7. The molecule has 0 aliphatic heterocycles. The molecule has 166 valence electrons. The van der Waals surface area contributed by atoms with Crippen molar-refractivity contribution in [2.45, 2.75) is 25.8 Å². The molecule has 0 unspecified atom stereocenters. The van der Waals surface area contributed by atoms with Gasteiger partial charge in [0.15, 0.2) is 0 Å². The molecule has 1 heterocycles. The molecule has 0 fully saturated rings. The van der Waals surface area contributed by atoms with Crippen molar-refractivity contribution in [2.75, 3.05) is 23.5 Å². The van der Waals surface area contributed by atoms with Crippen molar-refractivity contribution in [3.05, 3.63) is 75.9 Å². The Kier molecular flexibility index (Phi) is 7.77. The minimum atomic E-state index is -0.312. The molecule has 0 radical (unpaired) electrons. The summed E-state index contributed by atoms with van der Waals surface area (Å²) in [5, 5.41) is 6.79. The van der Waals surface area contributed by atoms with Crippen molar-refractivity contribution in [2.24, 2.45) is 0 Å². The Morgan fingerprint density at radius 2 is 1.78 bits per heavy atom. The van der Waals surface area contributed by atoms with Gasteiger partial charge in [0.05, 0.1) is 24.1 Å². The lowest BCUT2D eigenvalue weighted by molar-refractivity contribution is -0.113. The van der Waals surface area contributed by atoms with Crippen LogP contribution in [0.4, 0.5) is 11.4 Å². The third-order valence-corrected chi connectivity index (χ3v) is 6.07. The number of ether oxygens (including phenoxy) is 1. The normalized spacial score (nSPS) is 10.5. The van der Waals surface area contributed by atoms with E-state index in [1.54, 1.807) is 31.4 Å². The van der Waals surface area contributed by atoms with Gasteiger partial charge in [-0.3, -0.25) is 9.59 Å². The van der Waals surface area contributed by atoms with E-state index in [4.69, 9.17) is 16.3 Å². The van der Waals surface area contributed by atoms with E-state index in [9.17, 15) is 9.59 Å². The SMILES string of the molecule is COc1ccccc1NC(=O)c1c(C)cc(C)nc1SCC(=O)Nc1ccc(C)c(Cl)c1. The van der Waals surface area contributed by atoms with E-state index in [1.807, 2.05) is 45.0 Å². The molecule has 2 amide bonds. The molecule has 0 aliphatic rings. The molecular formula is C24H24ClN3O3S. The average Bonchev–Trinajstić information content (AvgIpc) is 2.74. The quantitative estimate of drug-likeness (QED) is 0.437. The van der Waals surface area contributed by atoms with Gasteiger partial charge in [0, 0.05) is 16.4 Å². The van der Waals surface area contributed by atoms with Crippen molar-refractivity contribution >= 4 is 46.6 Å². The Morgan fingerprint density at radius 1 is 1.03 bits per heavy atom. The second-order valence-electron chi connectivity index (χ2n) is 7.22. The van der Waals surface area contributed by atoms with Crippen LogP contribution in [0.5, 0.6) is 5.75 Å². The van der Waals surface area contributed by atoms with Gasteiger partial charge in [0.2, 0.25) is 5.91 Å². The lowest BCUT2D eigenvalue weighted by atomic mass is 10.1. The largest absolute Gasteiger partial charge is 0.495 e. The zero-order valence-corrected chi connectivity index (χ0v) is 19.9. The standard InChI is InChI=1S/C24H24ClN3O3S/c1-14-9-10-17(12-18(14)25)27-21(29)13-32-24-22(15(2)11-16(3)26-24)23(30)28-19-7-5-6-8-20(19)31-4/h5-12H,13H2,1-4H3,(H,27,29)(H,28,30). The number of carbonyl (C=O) groups is 2.